The Bertz CT molecular complexity index is 1390. The maximum absolute atomic E-state index is 2.40. The highest BCUT2D eigenvalue weighted by molar-refractivity contribution is 5.92. The standard InChI is InChI=1S/C31H29N/c1-30(2)25-14-9-7-12-23(25)29-26(30)15-10-16-28(29)32(5)20-17-18-22-21-11-6-8-13-24(21)31(3,4)27(22)19-20/h6-19H,1-5H3. The molecule has 6 rings (SSSR count). The minimum atomic E-state index is 0.00992. The molecule has 1 heteroatoms. The summed E-state index contributed by atoms with van der Waals surface area (Å²) >= 11 is 0. The number of hydrogen-bond acceptors (Lipinski definition) is 1. The summed E-state index contributed by atoms with van der Waals surface area (Å²) in [4.78, 5) is 2.37. The average molecular weight is 416 g/mol. The lowest BCUT2D eigenvalue weighted by atomic mass is 9.82. The molecule has 0 aliphatic heterocycles. The topological polar surface area (TPSA) is 3.24 Å². The van der Waals surface area contributed by atoms with Gasteiger partial charge in [0.15, 0.2) is 0 Å². The van der Waals surface area contributed by atoms with Gasteiger partial charge in [0.2, 0.25) is 0 Å². The number of rotatable bonds is 2. The zero-order valence-corrected chi connectivity index (χ0v) is 19.5. The molecule has 4 aromatic carbocycles. The third-order valence-corrected chi connectivity index (χ3v) is 7.90. The molecule has 0 spiro atoms. The average Bonchev–Trinajstić information content (AvgIpc) is 3.19. The molecule has 2 aliphatic rings. The van der Waals surface area contributed by atoms with Gasteiger partial charge in [-0.25, -0.2) is 0 Å². The molecule has 0 radical (unpaired) electrons. The summed E-state index contributed by atoms with van der Waals surface area (Å²) in [7, 11) is 2.21. The smallest absolute Gasteiger partial charge is 0.0491 e. The van der Waals surface area contributed by atoms with Crippen LogP contribution in [0, 0.1) is 0 Å². The van der Waals surface area contributed by atoms with E-state index in [0.29, 0.717) is 0 Å². The lowest BCUT2D eigenvalue weighted by molar-refractivity contribution is 0.660. The summed E-state index contributed by atoms with van der Waals surface area (Å²) in [5, 5.41) is 0. The third-order valence-electron chi connectivity index (χ3n) is 7.90. The van der Waals surface area contributed by atoms with E-state index in [4.69, 9.17) is 0 Å². The Morgan fingerprint density at radius 2 is 1.09 bits per heavy atom. The molecule has 0 fully saturated rings. The molecular formula is C31H29N. The van der Waals surface area contributed by atoms with Crippen LogP contribution in [-0.4, -0.2) is 7.05 Å². The number of anilines is 2. The van der Waals surface area contributed by atoms with Crippen LogP contribution in [-0.2, 0) is 10.8 Å². The Morgan fingerprint density at radius 1 is 0.531 bits per heavy atom. The Labute approximate surface area is 191 Å². The molecule has 32 heavy (non-hydrogen) atoms. The van der Waals surface area contributed by atoms with Gasteiger partial charge in [0.05, 0.1) is 0 Å². The van der Waals surface area contributed by atoms with Crippen LogP contribution in [0.1, 0.15) is 49.9 Å². The maximum atomic E-state index is 2.40. The van der Waals surface area contributed by atoms with Gasteiger partial charge >= 0.3 is 0 Å². The number of benzene rings is 4. The molecular weight excluding hydrogens is 386 g/mol. The van der Waals surface area contributed by atoms with E-state index >= 15 is 0 Å². The quantitative estimate of drug-likeness (QED) is 0.320. The third kappa shape index (κ3) is 2.40. The molecule has 0 amide bonds. The van der Waals surface area contributed by atoms with E-state index in [0.717, 1.165) is 0 Å². The van der Waals surface area contributed by atoms with Crippen LogP contribution < -0.4 is 4.90 Å². The van der Waals surface area contributed by atoms with Crippen LogP contribution in [0.5, 0.6) is 0 Å². The number of fused-ring (bicyclic) bond motifs is 6. The second-order valence-electron chi connectivity index (χ2n) is 10.3. The first-order valence-electron chi connectivity index (χ1n) is 11.5. The van der Waals surface area contributed by atoms with Crippen LogP contribution in [0.25, 0.3) is 22.3 Å². The predicted molar refractivity (Wildman–Crippen MR) is 136 cm³/mol. The maximum Gasteiger partial charge on any atom is 0.0491 e. The van der Waals surface area contributed by atoms with Crippen molar-refractivity contribution in [3.05, 3.63) is 107 Å². The molecule has 158 valence electrons. The van der Waals surface area contributed by atoms with Crippen LogP contribution in [0.3, 0.4) is 0 Å². The zero-order chi connectivity index (χ0) is 22.3. The highest BCUT2D eigenvalue weighted by atomic mass is 15.1. The first-order valence-corrected chi connectivity index (χ1v) is 11.5. The molecule has 0 aromatic heterocycles. The second-order valence-corrected chi connectivity index (χ2v) is 10.3. The van der Waals surface area contributed by atoms with E-state index in [2.05, 4.69) is 125 Å². The fraction of sp³-hybridized carbons (Fsp3) is 0.226. The highest BCUT2D eigenvalue weighted by Crippen LogP contribution is 2.53. The summed E-state index contributed by atoms with van der Waals surface area (Å²) in [6.45, 7) is 9.38. The van der Waals surface area contributed by atoms with E-state index < -0.39 is 0 Å². The lowest BCUT2D eigenvalue weighted by Gasteiger charge is -2.27. The van der Waals surface area contributed by atoms with Gasteiger partial charge in [-0.15, -0.1) is 0 Å². The van der Waals surface area contributed by atoms with Crippen molar-refractivity contribution in [2.45, 2.75) is 38.5 Å². The van der Waals surface area contributed by atoms with Gasteiger partial charge in [-0.1, -0.05) is 94.4 Å². The fourth-order valence-electron chi connectivity index (χ4n) is 6.05. The van der Waals surface area contributed by atoms with Crippen molar-refractivity contribution < 1.29 is 0 Å². The zero-order valence-electron chi connectivity index (χ0n) is 19.5. The molecule has 2 aliphatic carbocycles. The summed E-state index contributed by atoms with van der Waals surface area (Å²) in [5.41, 5.74) is 13.7. The normalized spacial score (nSPS) is 16.2. The summed E-state index contributed by atoms with van der Waals surface area (Å²) in [6, 6.07) is 31.5. The minimum Gasteiger partial charge on any atom is -0.344 e. The molecule has 0 atom stereocenters. The number of nitrogens with zero attached hydrogens (tertiary/aromatic N) is 1. The minimum absolute atomic E-state index is 0.00992. The molecule has 0 saturated heterocycles. The van der Waals surface area contributed by atoms with Gasteiger partial charge in [0, 0.05) is 34.8 Å². The molecule has 0 unspecified atom stereocenters. The van der Waals surface area contributed by atoms with Gasteiger partial charge in [0.1, 0.15) is 0 Å². The van der Waals surface area contributed by atoms with Gasteiger partial charge in [-0.05, 0) is 57.1 Å². The molecule has 0 heterocycles. The Morgan fingerprint density at radius 3 is 1.84 bits per heavy atom. The van der Waals surface area contributed by atoms with Crippen molar-refractivity contribution in [1.29, 1.82) is 0 Å². The van der Waals surface area contributed by atoms with Gasteiger partial charge in [0.25, 0.3) is 0 Å². The number of hydrogen-bond donors (Lipinski definition) is 0. The predicted octanol–water partition coefficient (Wildman–Crippen LogP) is 8.07. The lowest BCUT2D eigenvalue weighted by Crippen LogP contribution is -2.17. The van der Waals surface area contributed by atoms with Gasteiger partial charge in [-0.3, -0.25) is 0 Å². The van der Waals surface area contributed by atoms with E-state index in [1.54, 1.807) is 0 Å². The summed E-state index contributed by atoms with van der Waals surface area (Å²) in [6.07, 6.45) is 0. The summed E-state index contributed by atoms with van der Waals surface area (Å²) < 4.78 is 0. The van der Waals surface area contributed by atoms with E-state index in [1.807, 2.05) is 0 Å². The Kier molecular flexibility index (Phi) is 3.85. The summed E-state index contributed by atoms with van der Waals surface area (Å²) in [5.74, 6) is 0. The SMILES string of the molecule is CN(c1ccc2c(c1)C(C)(C)c1ccccc1-2)c1cccc2c1-c1ccccc1C2(C)C. The van der Waals surface area contributed by atoms with E-state index in [1.165, 1.54) is 55.9 Å². The Hall–Kier alpha value is -3.32. The van der Waals surface area contributed by atoms with Crippen LogP contribution in [0.15, 0.2) is 84.9 Å². The van der Waals surface area contributed by atoms with Crippen LogP contribution >= 0.6 is 0 Å². The van der Waals surface area contributed by atoms with E-state index in [-0.39, 0.29) is 10.8 Å². The van der Waals surface area contributed by atoms with Crippen molar-refractivity contribution in [2.75, 3.05) is 11.9 Å². The first kappa shape index (κ1) is 19.4. The van der Waals surface area contributed by atoms with Crippen molar-refractivity contribution in [1.82, 2.24) is 0 Å². The molecule has 1 nitrogen and oxygen atoms in total. The second kappa shape index (κ2) is 6.36. The van der Waals surface area contributed by atoms with Crippen molar-refractivity contribution in [2.24, 2.45) is 0 Å². The van der Waals surface area contributed by atoms with Crippen molar-refractivity contribution in [3.8, 4) is 22.3 Å². The molecule has 4 aromatic rings. The van der Waals surface area contributed by atoms with Crippen LogP contribution in [0.4, 0.5) is 11.4 Å². The molecule has 0 N–H and O–H groups in total. The molecule has 0 saturated carbocycles. The monoisotopic (exact) mass is 415 g/mol. The largest absolute Gasteiger partial charge is 0.344 e. The van der Waals surface area contributed by atoms with Crippen molar-refractivity contribution in [3.63, 3.8) is 0 Å². The first-order chi connectivity index (χ1) is 15.3. The molecule has 0 bridgehead atoms. The Balaban J connectivity index is 1.51. The van der Waals surface area contributed by atoms with Crippen molar-refractivity contribution >= 4 is 11.4 Å². The van der Waals surface area contributed by atoms with E-state index in [9.17, 15) is 0 Å². The van der Waals surface area contributed by atoms with Gasteiger partial charge < -0.3 is 4.90 Å². The fourth-order valence-corrected chi connectivity index (χ4v) is 6.05. The van der Waals surface area contributed by atoms with Crippen LogP contribution in [0.2, 0.25) is 0 Å². The highest BCUT2D eigenvalue weighted by Gasteiger charge is 2.38. The van der Waals surface area contributed by atoms with Gasteiger partial charge in [-0.2, -0.15) is 0 Å².